The number of hydrogen-bond donors (Lipinski definition) is 3. The molecule has 1 rings (SSSR count). The van der Waals surface area contributed by atoms with E-state index in [4.69, 9.17) is 10.2 Å². The van der Waals surface area contributed by atoms with E-state index in [0.29, 0.717) is 5.57 Å². The summed E-state index contributed by atoms with van der Waals surface area (Å²) in [6, 6.07) is 0. The molecule has 1 aliphatic carbocycles. The number of esters is 2. The molecule has 34 heavy (non-hydrogen) atoms. The van der Waals surface area contributed by atoms with Crippen LogP contribution in [0.4, 0.5) is 0 Å². The van der Waals surface area contributed by atoms with Crippen LogP contribution in [-0.4, -0.2) is 44.8 Å². The molecule has 0 aliphatic heterocycles. The smallest absolute Gasteiger partial charge is 0.338 e. The van der Waals surface area contributed by atoms with E-state index >= 15 is 0 Å². The van der Waals surface area contributed by atoms with Gasteiger partial charge >= 0.3 is 23.9 Å². The van der Waals surface area contributed by atoms with Crippen molar-refractivity contribution in [3.63, 3.8) is 0 Å². The Morgan fingerprint density at radius 1 is 1.06 bits per heavy atom. The zero-order chi connectivity index (χ0) is 26.1. The Bertz CT molecular complexity index is 975. The van der Waals surface area contributed by atoms with Crippen LogP contribution in [0, 0.1) is 5.41 Å². The Labute approximate surface area is 200 Å². The second kappa shape index (κ2) is 12.3. The maximum absolute atomic E-state index is 11.9. The summed E-state index contributed by atoms with van der Waals surface area (Å²) in [6.07, 6.45) is 11.6. The van der Waals surface area contributed by atoms with Gasteiger partial charge in [-0.05, 0) is 56.6 Å². The van der Waals surface area contributed by atoms with Crippen molar-refractivity contribution in [2.75, 3.05) is 0 Å². The molecule has 0 saturated carbocycles. The molecule has 0 radical (unpaired) electrons. The largest absolute Gasteiger partial charge is 0.481 e. The van der Waals surface area contributed by atoms with Crippen molar-refractivity contribution < 1.29 is 39.2 Å². The monoisotopic (exact) mass is 474 g/mol. The van der Waals surface area contributed by atoms with Crippen molar-refractivity contribution in [3.8, 4) is 0 Å². The molecule has 8 nitrogen and oxygen atoms in total. The van der Waals surface area contributed by atoms with E-state index in [9.17, 15) is 24.3 Å². The van der Waals surface area contributed by atoms with Gasteiger partial charge in [0.05, 0.1) is 12.8 Å². The Kier molecular flexibility index (Phi) is 10.4. The predicted octanol–water partition coefficient (Wildman–Crippen LogP) is 4.27. The van der Waals surface area contributed by atoms with Gasteiger partial charge in [0.15, 0.2) is 5.60 Å². The molecular formula is C26H34O8. The Morgan fingerprint density at radius 3 is 2.26 bits per heavy atom. The molecule has 1 unspecified atom stereocenters. The number of carbonyl (C=O) groups excluding carboxylic acids is 2. The predicted molar refractivity (Wildman–Crippen MR) is 127 cm³/mol. The molecule has 0 aromatic heterocycles. The lowest BCUT2D eigenvalue weighted by Gasteiger charge is -2.32. The van der Waals surface area contributed by atoms with Gasteiger partial charge in [-0.25, -0.2) is 9.59 Å². The number of carboxylic acids is 2. The lowest BCUT2D eigenvalue weighted by Crippen LogP contribution is -2.43. The number of rotatable bonds is 10. The quantitative estimate of drug-likeness (QED) is 0.185. The van der Waals surface area contributed by atoms with Gasteiger partial charge in [0.2, 0.25) is 0 Å². The van der Waals surface area contributed by atoms with Crippen LogP contribution in [0.15, 0.2) is 58.7 Å². The van der Waals surface area contributed by atoms with Gasteiger partial charge in [-0.2, -0.15) is 0 Å². The van der Waals surface area contributed by atoms with Gasteiger partial charge in [0.25, 0.3) is 0 Å². The van der Waals surface area contributed by atoms with Gasteiger partial charge in [0, 0.05) is 6.08 Å². The maximum Gasteiger partial charge on any atom is 0.338 e. The summed E-state index contributed by atoms with van der Waals surface area (Å²) in [5.74, 6) is -5.92. The van der Waals surface area contributed by atoms with E-state index in [1.165, 1.54) is 17.6 Å². The molecule has 3 N–H and O–H groups in total. The van der Waals surface area contributed by atoms with Crippen molar-refractivity contribution in [2.24, 2.45) is 5.41 Å². The van der Waals surface area contributed by atoms with Crippen LogP contribution in [0.1, 0.15) is 66.7 Å². The van der Waals surface area contributed by atoms with Gasteiger partial charge < -0.3 is 20.1 Å². The van der Waals surface area contributed by atoms with Crippen LogP contribution >= 0.6 is 0 Å². The molecule has 0 bridgehead atoms. The van der Waals surface area contributed by atoms with Crippen LogP contribution in [0.5, 0.6) is 0 Å². The molecule has 186 valence electrons. The molecule has 0 spiro atoms. The molecule has 0 aromatic carbocycles. The Morgan fingerprint density at radius 2 is 1.71 bits per heavy atom. The first kappa shape index (κ1) is 28.8. The first-order valence-corrected chi connectivity index (χ1v) is 11.0. The SMILES string of the molecule is CC1=C(/C=C/C(C)=C/C=C/C(C)=C/C(=O)OC(=O)CC(O)(CC(=O)O)C(=O)O)C(C)(C)CCC1. The van der Waals surface area contributed by atoms with E-state index in [2.05, 4.69) is 31.6 Å². The fourth-order valence-electron chi connectivity index (χ4n) is 3.75. The number of ether oxygens (including phenoxy) is 1. The van der Waals surface area contributed by atoms with E-state index in [-0.39, 0.29) is 5.41 Å². The first-order chi connectivity index (χ1) is 15.7. The van der Waals surface area contributed by atoms with E-state index < -0.39 is 42.3 Å². The fourth-order valence-corrected chi connectivity index (χ4v) is 3.75. The summed E-state index contributed by atoms with van der Waals surface area (Å²) >= 11 is 0. The van der Waals surface area contributed by atoms with Crippen molar-refractivity contribution in [1.29, 1.82) is 0 Å². The summed E-state index contributed by atoms with van der Waals surface area (Å²) in [6.45, 7) is 10.2. The molecule has 0 heterocycles. The number of aliphatic carboxylic acids is 2. The van der Waals surface area contributed by atoms with Crippen LogP contribution in [-0.2, 0) is 23.9 Å². The number of carboxylic acid groups (broad SMARTS) is 2. The van der Waals surface area contributed by atoms with E-state index in [1.54, 1.807) is 19.1 Å². The minimum atomic E-state index is -2.86. The third kappa shape index (κ3) is 9.31. The average Bonchev–Trinajstić information content (AvgIpc) is 2.65. The van der Waals surface area contributed by atoms with Crippen LogP contribution in [0.3, 0.4) is 0 Å². The molecule has 0 amide bonds. The summed E-state index contributed by atoms with van der Waals surface area (Å²) in [7, 11) is 0. The Balaban J connectivity index is 2.73. The van der Waals surface area contributed by atoms with Gasteiger partial charge in [-0.15, -0.1) is 0 Å². The highest BCUT2D eigenvalue weighted by Crippen LogP contribution is 2.40. The second-order valence-electron chi connectivity index (χ2n) is 9.30. The van der Waals surface area contributed by atoms with Crippen LogP contribution in [0.25, 0.3) is 0 Å². The lowest BCUT2D eigenvalue weighted by atomic mass is 9.72. The number of carbonyl (C=O) groups is 4. The first-order valence-electron chi connectivity index (χ1n) is 11.0. The van der Waals surface area contributed by atoms with Crippen molar-refractivity contribution in [1.82, 2.24) is 0 Å². The highest BCUT2D eigenvalue weighted by atomic mass is 16.6. The van der Waals surface area contributed by atoms with Crippen LogP contribution < -0.4 is 0 Å². The van der Waals surface area contributed by atoms with E-state index in [0.717, 1.165) is 24.5 Å². The Hall–Kier alpha value is -3.26. The highest BCUT2D eigenvalue weighted by Gasteiger charge is 2.41. The highest BCUT2D eigenvalue weighted by molar-refractivity contribution is 5.95. The topological polar surface area (TPSA) is 138 Å². The number of hydrogen-bond acceptors (Lipinski definition) is 6. The fraction of sp³-hybridized carbons (Fsp3) is 0.462. The van der Waals surface area contributed by atoms with Crippen molar-refractivity contribution in [2.45, 2.75) is 72.3 Å². The molecule has 0 fully saturated rings. The summed E-state index contributed by atoms with van der Waals surface area (Å²) in [5.41, 5.74) is 1.54. The zero-order valence-electron chi connectivity index (χ0n) is 20.4. The maximum atomic E-state index is 11.9. The van der Waals surface area contributed by atoms with Crippen molar-refractivity contribution >= 4 is 23.9 Å². The van der Waals surface area contributed by atoms with Crippen LogP contribution in [0.2, 0.25) is 0 Å². The molecule has 8 heteroatoms. The standard InChI is InChI=1S/C26H34O8/c1-17(11-12-20-19(3)10-7-13-25(20,4)5)8-6-9-18(2)14-22(29)34-23(30)16-26(33,24(31)32)15-21(27)28/h6,8-9,11-12,14,33H,7,10,13,15-16H2,1-5H3,(H,27,28)(H,31,32)/b9-6+,12-11+,17-8+,18-14+. The molecule has 1 aliphatic rings. The number of aliphatic hydroxyl groups is 1. The van der Waals surface area contributed by atoms with Gasteiger partial charge in [0.1, 0.15) is 0 Å². The average molecular weight is 475 g/mol. The molecule has 0 aromatic rings. The molecule has 0 saturated heterocycles. The summed E-state index contributed by atoms with van der Waals surface area (Å²) in [4.78, 5) is 45.4. The minimum absolute atomic E-state index is 0.153. The molecular weight excluding hydrogens is 440 g/mol. The number of allylic oxidation sites excluding steroid dienone is 9. The van der Waals surface area contributed by atoms with E-state index in [1.807, 2.05) is 19.1 Å². The third-order valence-corrected chi connectivity index (χ3v) is 5.61. The summed E-state index contributed by atoms with van der Waals surface area (Å²) in [5, 5.41) is 27.5. The second-order valence-corrected chi connectivity index (χ2v) is 9.30. The molecule has 1 atom stereocenters. The van der Waals surface area contributed by atoms with Crippen molar-refractivity contribution in [3.05, 3.63) is 58.7 Å². The normalized spacial score (nSPS) is 18.8. The third-order valence-electron chi connectivity index (χ3n) is 5.61. The zero-order valence-corrected chi connectivity index (χ0v) is 20.4. The minimum Gasteiger partial charge on any atom is -0.481 e. The summed E-state index contributed by atoms with van der Waals surface area (Å²) < 4.78 is 4.48. The van der Waals surface area contributed by atoms with Gasteiger partial charge in [-0.1, -0.05) is 55.4 Å². The van der Waals surface area contributed by atoms with Gasteiger partial charge in [-0.3, -0.25) is 9.59 Å². The lowest BCUT2D eigenvalue weighted by molar-refractivity contribution is -0.173.